The Morgan fingerprint density at radius 3 is 2.93 bits per heavy atom. The average molecular weight is 228 g/mol. The minimum absolute atomic E-state index is 0.487. The summed E-state index contributed by atoms with van der Waals surface area (Å²) in [6.45, 7) is 0.487. The molecule has 0 aliphatic carbocycles. The Hall–Kier alpha value is -0.840. The van der Waals surface area contributed by atoms with E-state index in [-0.39, 0.29) is 0 Å². The molecule has 74 valence electrons. The van der Waals surface area contributed by atoms with Crippen LogP contribution < -0.4 is 5.73 Å². The van der Waals surface area contributed by atoms with Gasteiger partial charge in [0.25, 0.3) is 0 Å². The molecular weight excluding hydrogens is 218 g/mol. The number of nitrogens with two attached hydrogens (primary N) is 1. The van der Waals surface area contributed by atoms with Crippen LogP contribution in [0.3, 0.4) is 0 Å². The molecule has 0 aliphatic heterocycles. The van der Waals surface area contributed by atoms with Crippen molar-refractivity contribution in [2.75, 3.05) is 0 Å². The fourth-order valence-electron chi connectivity index (χ4n) is 1.37. The number of hydrogen-bond acceptors (Lipinski definition) is 3. The molecule has 0 aromatic carbocycles. The highest BCUT2D eigenvalue weighted by Crippen LogP contribution is 2.32. The van der Waals surface area contributed by atoms with E-state index in [0.717, 1.165) is 20.5 Å². The van der Waals surface area contributed by atoms with Gasteiger partial charge in [0.1, 0.15) is 0 Å². The number of thiophene rings is 1. The third-order valence-electron chi connectivity index (χ3n) is 2.09. The highest BCUT2D eigenvalue weighted by molar-refractivity contribution is 7.19. The van der Waals surface area contributed by atoms with Crippen molar-refractivity contribution in [3.05, 3.63) is 28.4 Å². The first-order valence-electron chi connectivity index (χ1n) is 4.19. The predicted molar refractivity (Wildman–Crippen MR) is 59.4 cm³/mol. The van der Waals surface area contributed by atoms with Crippen LogP contribution in [0.5, 0.6) is 0 Å². The summed E-state index contributed by atoms with van der Waals surface area (Å²) in [5.41, 5.74) is 7.76. The van der Waals surface area contributed by atoms with Crippen molar-refractivity contribution in [3.63, 3.8) is 0 Å². The van der Waals surface area contributed by atoms with E-state index in [0.29, 0.717) is 6.54 Å². The quantitative estimate of drug-likeness (QED) is 0.856. The molecule has 0 saturated carbocycles. The number of aryl methyl sites for hydroxylation is 1. The third kappa shape index (κ3) is 1.56. The smallest absolute Gasteiger partial charge is 0.0934 e. The maximum Gasteiger partial charge on any atom is 0.0934 e. The number of aromatic nitrogens is 2. The molecule has 5 heteroatoms. The Morgan fingerprint density at radius 2 is 2.36 bits per heavy atom. The molecule has 0 amide bonds. The lowest BCUT2D eigenvalue weighted by molar-refractivity contribution is 0.713. The van der Waals surface area contributed by atoms with Crippen LogP contribution in [-0.4, -0.2) is 9.78 Å². The van der Waals surface area contributed by atoms with Crippen molar-refractivity contribution in [1.29, 1.82) is 0 Å². The average Bonchev–Trinajstić information content (AvgIpc) is 2.71. The largest absolute Gasteiger partial charge is 0.325 e. The summed E-state index contributed by atoms with van der Waals surface area (Å²) in [4.78, 5) is 1.11. The zero-order chi connectivity index (χ0) is 10.1. The van der Waals surface area contributed by atoms with E-state index in [4.69, 9.17) is 17.3 Å². The van der Waals surface area contributed by atoms with Crippen molar-refractivity contribution >= 4 is 22.9 Å². The van der Waals surface area contributed by atoms with Crippen LogP contribution in [0.15, 0.2) is 18.3 Å². The second kappa shape index (κ2) is 3.73. The van der Waals surface area contributed by atoms with Gasteiger partial charge in [-0.2, -0.15) is 5.10 Å². The first-order chi connectivity index (χ1) is 6.72. The van der Waals surface area contributed by atoms with Gasteiger partial charge >= 0.3 is 0 Å². The van der Waals surface area contributed by atoms with E-state index in [2.05, 4.69) is 5.10 Å². The second-order valence-corrected chi connectivity index (χ2v) is 4.65. The van der Waals surface area contributed by atoms with Gasteiger partial charge in [-0.1, -0.05) is 11.6 Å². The van der Waals surface area contributed by atoms with Crippen LogP contribution in [0.4, 0.5) is 0 Å². The van der Waals surface area contributed by atoms with Gasteiger partial charge in [0, 0.05) is 24.0 Å². The molecule has 2 heterocycles. The molecule has 0 aliphatic rings. The molecule has 3 nitrogen and oxygen atoms in total. The standard InChI is InChI=1S/C9H10ClN3S/c1-13-7(4-11)6(5-12-13)8-2-3-9(10)14-8/h2-3,5H,4,11H2,1H3. The Kier molecular flexibility index (Phi) is 2.58. The zero-order valence-electron chi connectivity index (χ0n) is 7.70. The number of rotatable bonds is 2. The molecule has 0 unspecified atom stereocenters. The van der Waals surface area contributed by atoms with E-state index in [1.807, 2.05) is 25.4 Å². The van der Waals surface area contributed by atoms with Crippen LogP contribution in [0, 0.1) is 0 Å². The molecule has 2 rings (SSSR count). The summed E-state index contributed by atoms with van der Waals surface area (Å²) >= 11 is 7.41. The maximum atomic E-state index is 5.87. The topological polar surface area (TPSA) is 43.8 Å². The maximum absolute atomic E-state index is 5.87. The number of hydrogen-bond donors (Lipinski definition) is 1. The Morgan fingerprint density at radius 1 is 1.57 bits per heavy atom. The van der Waals surface area contributed by atoms with E-state index in [9.17, 15) is 0 Å². The molecule has 2 aromatic heterocycles. The molecule has 0 radical (unpaired) electrons. The van der Waals surface area contributed by atoms with Crippen molar-refractivity contribution in [2.45, 2.75) is 6.54 Å². The van der Waals surface area contributed by atoms with Gasteiger partial charge in [0.2, 0.25) is 0 Å². The normalized spacial score (nSPS) is 10.8. The molecule has 2 aromatic rings. The van der Waals surface area contributed by atoms with Crippen molar-refractivity contribution in [2.24, 2.45) is 12.8 Å². The molecule has 0 bridgehead atoms. The molecule has 0 fully saturated rings. The first kappa shape index (κ1) is 9.71. The summed E-state index contributed by atoms with van der Waals surface area (Å²) in [5.74, 6) is 0. The van der Waals surface area contributed by atoms with E-state index in [1.165, 1.54) is 0 Å². The minimum Gasteiger partial charge on any atom is -0.325 e. The van der Waals surface area contributed by atoms with Crippen LogP contribution in [0.2, 0.25) is 4.34 Å². The molecular formula is C9H10ClN3S. The van der Waals surface area contributed by atoms with Gasteiger partial charge in [0.05, 0.1) is 16.2 Å². The van der Waals surface area contributed by atoms with Gasteiger partial charge in [0.15, 0.2) is 0 Å². The van der Waals surface area contributed by atoms with Crippen LogP contribution in [0.1, 0.15) is 5.69 Å². The highest BCUT2D eigenvalue weighted by atomic mass is 35.5. The Balaban J connectivity index is 2.51. The fraction of sp³-hybridized carbons (Fsp3) is 0.222. The summed E-state index contributed by atoms with van der Waals surface area (Å²) < 4.78 is 2.58. The molecule has 0 spiro atoms. The highest BCUT2D eigenvalue weighted by Gasteiger charge is 2.10. The molecule has 0 atom stereocenters. The molecule has 14 heavy (non-hydrogen) atoms. The predicted octanol–water partition coefficient (Wildman–Crippen LogP) is 2.26. The van der Waals surface area contributed by atoms with Crippen molar-refractivity contribution < 1.29 is 0 Å². The fourth-order valence-corrected chi connectivity index (χ4v) is 2.44. The second-order valence-electron chi connectivity index (χ2n) is 2.94. The lowest BCUT2D eigenvalue weighted by Crippen LogP contribution is -2.05. The summed E-state index contributed by atoms with van der Waals surface area (Å²) in [6, 6.07) is 3.87. The van der Waals surface area contributed by atoms with E-state index < -0.39 is 0 Å². The monoisotopic (exact) mass is 227 g/mol. The van der Waals surface area contributed by atoms with Crippen LogP contribution in [-0.2, 0) is 13.6 Å². The SMILES string of the molecule is Cn1ncc(-c2ccc(Cl)s2)c1CN. The minimum atomic E-state index is 0.487. The van der Waals surface area contributed by atoms with Crippen LogP contribution >= 0.6 is 22.9 Å². The lowest BCUT2D eigenvalue weighted by Gasteiger charge is -2.00. The zero-order valence-corrected chi connectivity index (χ0v) is 9.27. The van der Waals surface area contributed by atoms with Gasteiger partial charge < -0.3 is 5.73 Å². The molecule has 0 saturated heterocycles. The van der Waals surface area contributed by atoms with Gasteiger partial charge in [-0.05, 0) is 12.1 Å². The Bertz CT molecular complexity index is 447. The summed E-state index contributed by atoms with van der Waals surface area (Å²) in [5, 5.41) is 4.17. The third-order valence-corrected chi connectivity index (χ3v) is 3.36. The first-order valence-corrected chi connectivity index (χ1v) is 5.38. The van der Waals surface area contributed by atoms with E-state index in [1.54, 1.807) is 16.0 Å². The van der Waals surface area contributed by atoms with E-state index >= 15 is 0 Å². The van der Waals surface area contributed by atoms with Gasteiger partial charge in [-0.25, -0.2) is 0 Å². The number of halogens is 1. The Labute approximate surface area is 91.1 Å². The van der Waals surface area contributed by atoms with Gasteiger partial charge in [-0.15, -0.1) is 11.3 Å². The summed E-state index contributed by atoms with van der Waals surface area (Å²) in [7, 11) is 1.89. The van der Waals surface area contributed by atoms with Crippen LogP contribution in [0.25, 0.3) is 10.4 Å². The number of nitrogens with zero attached hydrogens (tertiary/aromatic N) is 2. The van der Waals surface area contributed by atoms with Crippen molar-refractivity contribution in [3.8, 4) is 10.4 Å². The van der Waals surface area contributed by atoms with Gasteiger partial charge in [-0.3, -0.25) is 4.68 Å². The lowest BCUT2D eigenvalue weighted by atomic mass is 10.2. The summed E-state index contributed by atoms with van der Waals surface area (Å²) in [6.07, 6.45) is 1.82. The molecule has 2 N–H and O–H groups in total. The van der Waals surface area contributed by atoms with Crippen molar-refractivity contribution in [1.82, 2.24) is 9.78 Å².